The lowest BCUT2D eigenvalue weighted by Crippen LogP contribution is -2.39. The summed E-state index contributed by atoms with van der Waals surface area (Å²) >= 11 is 3.55. The van der Waals surface area contributed by atoms with E-state index < -0.39 is 0 Å². The molecule has 0 amide bonds. The van der Waals surface area contributed by atoms with Crippen molar-refractivity contribution >= 4 is 28.6 Å². The lowest BCUT2D eigenvalue weighted by atomic mass is 9.92. The predicted octanol–water partition coefficient (Wildman–Crippen LogP) is 3.98. The zero-order chi connectivity index (χ0) is 17.4. The maximum absolute atomic E-state index is 4.78. The van der Waals surface area contributed by atoms with Crippen LogP contribution in [0.25, 0.3) is 0 Å². The summed E-state index contributed by atoms with van der Waals surface area (Å²) in [5.74, 6) is 0.900. The number of aliphatic imine (C=N–C) groups is 1. The third kappa shape index (κ3) is 5.91. The Morgan fingerprint density at radius 3 is 2.75 bits per heavy atom. The molecule has 0 saturated carbocycles. The zero-order valence-corrected chi connectivity index (χ0v) is 16.7. The summed E-state index contributed by atoms with van der Waals surface area (Å²) in [4.78, 5) is 10.7. The minimum absolute atomic E-state index is 0.0644. The van der Waals surface area contributed by atoms with Crippen molar-refractivity contribution < 1.29 is 0 Å². The summed E-state index contributed by atoms with van der Waals surface area (Å²) in [5.41, 5.74) is 1.18. The zero-order valence-electron chi connectivity index (χ0n) is 15.1. The first-order valence-corrected chi connectivity index (χ1v) is 10.2. The van der Waals surface area contributed by atoms with Gasteiger partial charge in [-0.3, -0.25) is 4.99 Å². The molecule has 2 aromatic heterocycles. The van der Waals surface area contributed by atoms with Gasteiger partial charge in [-0.2, -0.15) is 0 Å². The average molecular weight is 365 g/mol. The molecule has 0 fully saturated rings. The molecule has 0 spiro atoms. The second kappa shape index (κ2) is 9.18. The Labute approximate surface area is 153 Å². The Balaban J connectivity index is 1.82. The number of nitrogens with zero attached hydrogens (tertiary/aromatic N) is 2. The summed E-state index contributed by atoms with van der Waals surface area (Å²) in [6.07, 6.45) is 2.08. The van der Waals surface area contributed by atoms with Crippen molar-refractivity contribution in [1.29, 1.82) is 0 Å². The van der Waals surface area contributed by atoms with E-state index in [9.17, 15) is 0 Å². The first-order chi connectivity index (χ1) is 11.5. The van der Waals surface area contributed by atoms with Crippen LogP contribution in [0.2, 0.25) is 0 Å². The number of thiazole rings is 1. The van der Waals surface area contributed by atoms with E-state index in [1.165, 1.54) is 9.88 Å². The number of guanidine groups is 1. The molecule has 2 rings (SSSR count). The first kappa shape index (κ1) is 18.9. The van der Waals surface area contributed by atoms with Crippen molar-refractivity contribution in [1.82, 2.24) is 15.6 Å². The van der Waals surface area contributed by atoms with Gasteiger partial charge in [-0.1, -0.05) is 19.9 Å². The van der Waals surface area contributed by atoms with Gasteiger partial charge in [0.1, 0.15) is 0 Å². The number of aromatic nitrogens is 1. The third-order valence-corrected chi connectivity index (χ3v) is 5.95. The normalized spacial score (nSPS) is 12.4. The van der Waals surface area contributed by atoms with Gasteiger partial charge >= 0.3 is 0 Å². The summed E-state index contributed by atoms with van der Waals surface area (Å²) in [5, 5.41) is 12.2. The van der Waals surface area contributed by atoms with Crippen LogP contribution in [0.5, 0.6) is 0 Å². The molecule has 2 heterocycles. The smallest absolute Gasteiger partial charge is 0.191 e. The van der Waals surface area contributed by atoms with Crippen LogP contribution in [0.15, 0.2) is 27.9 Å². The summed E-state index contributed by atoms with van der Waals surface area (Å²) in [6.45, 7) is 11.2. The molecule has 0 radical (unpaired) electrons. The van der Waals surface area contributed by atoms with Gasteiger partial charge in [0.15, 0.2) is 5.96 Å². The molecule has 0 saturated heterocycles. The lowest BCUT2D eigenvalue weighted by molar-refractivity contribution is 0.548. The number of hydrogen-bond donors (Lipinski definition) is 2. The van der Waals surface area contributed by atoms with E-state index >= 15 is 0 Å². The molecule has 132 valence electrons. The fraction of sp³-hybridized carbons (Fsp3) is 0.556. The number of aryl methyl sites for hydroxylation is 2. The van der Waals surface area contributed by atoms with Gasteiger partial charge in [-0.05, 0) is 31.7 Å². The standard InChI is InChI=1S/C18H28N4S2/c1-5-19-17(20-10-6-9-16-22-14(2)12-24-16)21-13-18(3,4)15-8-7-11-23-15/h7-8,11-12H,5-6,9-10,13H2,1-4H3,(H2,19,20,21). The van der Waals surface area contributed by atoms with Crippen LogP contribution in [0, 0.1) is 6.92 Å². The van der Waals surface area contributed by atoms with Crippen LogP contribution in [0.3, 0.4) is 0 Å². The van der Waals surface area contributed by atoms with Crippen molar-refractivity contribution in [2.24, 2.45) is 4.99 Å². The largest absolute Gasteiger partial charge is 0.357 e. The van der Waals surface area contributed by atoms with E-state index in [0.29, 0.717) is 0 Å². The van der Waals surface area contributed by atoms with Gasteiger partial charge in [0.05, 0.1) is 11.6 Å². The molecule has 0 bridgehead atoms. The molecule has 0 aliphatic carbocycles. The highest BCUT2D eigenvalue weighted by molar-refractivity contribution is 7.10. The van der Waals surface area contributed by atoms with E-state index in [0.717, 1.165) is 44.1 Å². The van der Waals surface area contributed by atoms with E-state index in [-0.39, 0.29) is 5.41 Å². The Kier molecular flexibility index (Phi) is 7.24. The van der Waals surface area contributed by atoms with E-state index in [1.807, 2.05) is 6.92 Å². The summed E-state index contributed by atoms with van der Waals surface area (Å²) in [7, 11) is 0. The minimum atomic E-state index is 0.0644. The van der Waals surface area contributed by atoms with Crippen molar-refractivity contribution in [2.75, 3.05) is 19.6 Å². The maximum Gasteiger partial charge on any atom is 0.191 e. The van der Waals surface area contributed by atoms with Gasteiger partial charge in [0.25, 0.3) is 0 Å². The van der Waals surface area contributed by atoms with Crippen LogP contribution in [0.1, 0.15) is 42.8 Å². The Morgan fingerprint density at radius 1 is 1.29 bits per heavy atom. The highest BCUT2D eigenvalue weighted by Crippen LogP contribution is 2.27. The molecule has 4 nitrogen and oxygen atoms in total. The summed E-state index contributed by atoms with van der Waals surface area (Å²) in [6, 6.07) is 4.30. The van der Waals surface area contributed by atoms with E-state index in [4.69, 9.17) is 4.99 Å². The number of rotatable bonds is 8. The number of nitrogens with one attached hydrogen (secondary N) is 2. The SMILES string of the molecule is CCNC(=NCC(C)(C)c1cccs1)NCCCc1nc(C)cs1. The predicted molar refractivity (Wildman–Crippen MR) is 106 cm³/mol. The Hall–Kier alpha value is -1.40. The van der Waals surface area contributed by atoms with Gasteiger partial charge in [0, 0.05) is 40.9 Å². The first-order valence-electron chi connectivity index (χ1n) is 8.48. The molecular formula is C18H28N4S2. The highest BCUT2D eigenvalue weighted by atomic mass is 32.1. The molecule has 0 aliphatic rings. The van der Waals surface area contributed by atoms with Gasteiger partial charge in [-0.15, -0.1) is 22.7 Å². The maximum atomic E-state index is 4.78. The molecular weight excluding hydrogens is 336 g/mol. The fourth-order valence-corrected chi connectivity index (χ4v) is 3.99. The monoisotopic (exact) mass is 364 g/mol. The second-order valence-electron chi connectivity index (χ2n) is 6.47. The molecule has 0 unspecified atom stereocenters. The van der Waals surface area contributed by atoms with E-state index in [1.54, 1.807) is 22.7 Å². The fourth-order valence-electron chi connectivity index (χ4n) is 2.32. The number of thiophene rings is 1. The molecule has 0 aromatic carbocycles. The quantitative estimate of drug-likeness (QED) is 0.423. The van der Waals surface area contributed by atoms with Crippen LogP contribution < -0.4 is 10.6 Å². The molecule has 0 atom stereocenters. The summed E-state index contributed by atoms with van der Waals surface area (Å²) < 4.78 is 0. The third-order valence-electron chi connectivity index (χ3n) is 3.69. The van der Waals surface area contributed by atoms with Gasteiger partial charge in [0.2, 0.25) is 0 Å². The van der Waals surface area contributed by atoms with Crippen LogP contribution >= 0.6 is 22.7 Å². The Morgan fingerprint density at radius 2 is 2.12 bits per heavy atom. The van der Waals surface area contributed by atoms with Crippen molar-refractivity contribution in [2.45, 2.75) is 46.0 Å². The molecule has 2 N–H and O–H groups in total. The average Bonchev–Trinajstić information content (AvgIpc) is 3.21. The van der Waals surface area contributed by atoms with Gasteiger partial charge in [-0.25, -0.2) is 4.98 Å². The van der Waals surface area contributed by atoms with E-state index in [2.05, 4.69) is 59.3 Å². The molecule has 2 aromatic rings. The second-order valence-corrected chi connectivity index (χ2v) is 8.36. The molecule has 24 heavy (non-hydrogen) atoms. The number of hydrogen-bond acceptors (Lipinski definition) is 4. The molecule has 6 heteroatoms. The van der Waals surface area contributed by atoms with Gasteiger partial charge < -0.3 is 10.6 Å². The van der Waals surface area contributed by atoms with Crippen molar-refractivity contribution in [3.63, 3.8) is 0 Å². The van der Waals surface area contributed by atoms with Crippen molar-refractivity contribution in [3.8, 4) is 0 Å². The van der Waals surface area contributed by atoms with Crippen LogP contribution in [-0.4, -0.2) is 30.6 Å². The minimum Gasteiger partial charge on any atom is -0.357 e. The lowest BCUT2D eigenvalue weighted by Gasteiger charge is -2.21. The topological polar surface area (TPSA) is 49.3 Å². The van der Waals surface area contributed by atoms with Crippen molar-refractivity contribution in [3.05, 3.63) is 38.5 Å². The van der Waals surface area contributed by atoms with Crippen LogP contribution in [0.4, 0.5) is 0 Å². The highest BCUT2D eigenvalue weighted by Gasteiger charge is 2.21. The van der Waals surface area contributed by atoms with Crippen LogP contribution in [-0.2, 0) is 11.8 Å². The Bertz CT molecular complexity index is 629. The molecule has 0 aliphatic heterocycles.